The molecule has 1 atom stereocenters. The molecule has 0 N–H and O–H groups in total. The Kier molecular flexibility index (Phi) is 4.10. The van der Waals surface area contributed by atoms with Crippen molar-refractivity contribution in [1.82, 2.24) is 9.88 Å². The molecule has 1 aromatic carbocycles. The Morgan fingerprint density at radius 2 is 2.00 bits per heavy atom. The molecule has 21 heavy (non-hydrogen) atoms. The lowest BCUT2D eigenvalue weighted by molar-refractivity contribution is 0.0201. The minimum atomic E-state index is -2.48. The summed E-state index contributed by atoms with van der Waals surface area (Å²) in [6, 6.07) is 11.6. The summed E-state index contributed by atoms with van der Waals surface area (Å²) in [6.45, 7) is 1.22. The van der Waals surface area contributed by atoms with E-state index in [1.165, 1.54) is 0 Å². The summed E-state index contributed by atoms with van der Waals surface area (Å²) in [5.74, 6) is 0.548. The predicted octanol–water partition coefficient (Wildman–Crippen LogP) is 3.28. The molecule has 1 aromatic heterocycles. The van der Waals surface area contributed by atoms with Crippen molar-refractivity contribution in [3.63, 3.8) is 0 Å². The molecule has 2 heterocycles. The SMILES string of the molecule is FC(F)C1c2ccccc2OCCN1Cc1ccccn1. The second-order valence-corrected chi connectivity index (χ2v) is 4.96. The molecular weight excluding hydrogens is 274 g/mol. The van der Waals surface area contributed by atoms with Gasteiger partial charge in [0.1, 0.15) is 18.4 Å². The molecule has 5 heteroatoms. The van der Waals surface area contributed by atoms with Gasteiger partial charge >= 0.3 is 0 Å². The highest BCUT2D eigenvalue weighted by molar-refractivity contribution is 5.37. The fraction of sp³-hybridized carbons (Fsp3) is 0.312. The number of halogens is 2. The first-order valence-corrected chi connectivity index (χ1v) is 6.89. The van der Waals surface area contributed by atoms with E-state index in [-0.39, 0.29) is 0 Å². The van der Waals surface area contributed by atoms with Crippen LogP contribution in [0.1, 0.15) is 17.3 Å². The van der Waals surface area contributed by atoms with Crippen LogP contribution in [0.4, 0.5) is 8.78 Å². The van der Waals surface area contributed by atoms with Gasteiger partial charge in [-0.1, -0.05) is 24.3 Å². The van der Waals surface area contributed by atoms with E-state index in [0.717, 1.165) is 5.69 Å². The fourth-order valence-corrected chi connectivity index (χ4v) is 2.64. The maximum atomic E-state index is 13.6. The lowest BCUT2D eigenvalue weighted by Gasteiger charge is -2.28. The zero-order chi connectivity index (χ0) is 14.7. The van der Waals surface area contributed by atoms with Gasteiger partial charge in [0.15, 0.2) is 0 Å². The molecule has 0 saturated carbocycles. The van der Waals surface area contributed by atoms with Crippen LogP contribution in [-0.2, 0) is 6.54 Å². The van der Waals surface area contributed by atoms with E-state index in [9.17, 15) is 8.78 Å². The van der Waals surface area contributed by atoms with Crippen LogP contribution in [0.15, 0.2) is 48.7 Å². The Bertz CT molecular complexity index is 592. The molecule has 0 amide bonds. The van der Waals surface area contributed by atoms with E-state index in [2.05, 4.69) is 4.98 Å². The molecule has 110 valence electrons. The Morgan fingerprint density at radius 1 is 1.19 bits per heavy atom. The number of alkyl halides is 2. The smallest absolute Gasteiger partial charge is 0.258 e. The van der Waals surface area contributed by atoms with Crippen molar-refractivity contribution in [3.05, 3.63) is 59.9 Å². The zero-order valence-corrected chi connectivity index (χ0v) is 11.5. The van der Waals surface area contributed by atoms with Crippen LogP contribution in [0, 0.1) is 0 Å². The average molecular weight is 290 g/mol. The van der Waals surface area contributed by atoms with Gasteiger partial charge in [0, 0.05) is 24.8 Å². The van der Waals surface area contributed by atoms with E-state index in [0.29, 0.717) is 31.0 Å². The van der Waals surface area contributed by atoms with Gasteiger partial charge in [0.05, 0.1) is 5.69 Å². The average Bonchev–Trinajstić information content (AvgIpc) is 2.67. The van der Waals surface area contributed by atoms with Gasteiger partial charge in [-0.2, -0.15) is 0 Å². The largest absolute Gasteiger partial charge is 0.492 e. The van der Waals surface area contributed by atoms with Crippen LogP contribution in [0.5, 0.6) is 5.75 Å². The molecule has 1 unspecified atom stereocenters. The van der Waals surface area contributed by atoms with Crippen molar-refractivity contribution in [1.29, 1.82) is 0 Å². The van der Waals surface area contributed by atoms with E-state index < -0.39 is 12.5 Å². The maximum Gasteiger partial charge on any atom is 0.258 e. The number of ether oxygens (including phenoxy) is 1. The first-order valence-electron chi connectivity index (χ1n) is 6.89. The number of pyridine rings is 1. The number of para-hydroxylation sites is 1. The molecule has 0 fully saturated rings. The Hall–Kier alpha value is -2.01. The molecule has 3 rings (SSSR count). The lowest BCUT2D eigenvalue weighted by Crippen LogP contribution is -2.34. The second-order valence-electron chi connectivity index (χ2n) is 4.96. The van der Waals surface area contributed by atoms with Crippen LogP contribution in [0.2, 0.25) is 0 Å². The molecule has 2 aromatic rings. The van der Waals surface area contributed by atoms with Crippen LogP contribution in [0.3, 0.4) is 0 Å². The third kappa shape index (κ3) is 3.03. The molecule has 1 aliphatic rings. The number of benzene rings is 1. The Morgan fingerprint density at radius 3 is 2.76 bits per heavy atom. The minimum Gasteiger partial charge on any atom is -0.492 e. The van der Waals surface area contributed by atoms with Crippen molar-refractivity contribution >= 4 is 0 Å². The molecule has 0 aliphatic carbocycles. The van der Waals surface area contributed by atoms with Crippen molar-refractivity contribution in [3.8, 4) is 5.75 Å². The minimum absolute atomic E-state index is 0.382. The summed E-state index contributed by atoms with van der Waals surface area (Å²) in [5, 5.41) is 0. The molecule has 3 nitrogen and oxygen atoms in total. The van der Waals surface area contributed by atoms with Crippen molar-refractivity contribution < 1.29 is 13.5 Å². The highest BCUT2D eigenvalue weighted by Crippen LogP contribution is 2.36. The predicted molar refractivity (Wildman–Crippen MR) is 75.3 cm³/mol. The lowest BCUT2D eigenvalue weighted by atomic mass is 10.0. The second kappa shape index (κ2) is 6.18. The van der Waals surface area contributed by atoms with Crippen LogP contribution in [-0.4, -0.2) is 29.5 Å². The first-order chi connectivity index (χ1) is 10.3. The summed E-state index contributed by atoms with van der Waals surface area (Å²) < 4.78 is 32.8. The first kappa shape index (κ1) is 13.9. The van der Waals surface area contributed by atoms with Gasteiger partial charge in [0.25, 0.3) is 6.43 Å². The number of hydrogen-bond donors (Lipinski definition) is 0. The molecule has 0 bridgehead atoms. The Labute approximate surface area is 122 Å². The number of rotatable bonds is 3. The third-order valence-corrected chi connectivity index (χ3v) is 3.60. The van der Waals surface area contributed by atoms with E-state index in [1.807, 2.05) is 18.2 Å². The normalized spacial score (nSPS) is 18.9. The summed E-state index contributed by atoms with van der Waals surface area (Å²) in [7, 11) is 0. The number of hydrogen-bond acceptors (Lipinski definition) is 3. The van der Waals surface area contributed by atoms with Crippen LogP contribution < -0.4 is 4.74 Å². The van der Waals surface area contributed by atoms with Gasteiger partial charge in [-0.15, -0.1) is 0 Å². The van der Waals surface area contributed by atoms with E-state index in [4.69, 9.17) is 4.74 Å². The third-order valence-electron chi connectivity index (χ3n) is 3.60. The highest BCUT2D eigenvalue weighted by Gasteiger charge is 2.33. The number of nitrogens with zero attached hydrogens (tertiary/aromatic N) is 2. The van der Waals surface area contributed by atoms with Gasteiger partial charge in [0.2, 0.25) is 0 Å². The zero-order valence-electron chi connectivity index (χ0n) is 11.5. The van der Waals surface area contributed by atoms with Crippen LogP contribution >= 0.6 is 0 Å². The number of aromatic nitrogens is 1. The summed E-state index contributed by atoms with van der Waals surface area (Å²) in [6.07, 6.45) is -0.800. The number of fused-ring (bicyclic) bond motifs is 1. The molecule has 0 radical (unpaired) electrons. The molecule has 0 saturated heterocycles. The van der Waals surface area contributed by atoms with Gasteiger partial charge in [-0.3, -0.25) is 9.88 Å². The fourth-order valence-electron chi connectivity index (χ4n) is 2.64. The molecule has 1 aliphatic heterocycles. The summed E-state index contributed by atoms with van der Waals surface area (Å²) in [5.41, 5.74) is 1.32. The molecular formula is C16H16F2N2O. The highest BCUT2D eigenvalue weighted by atomic mass is 19.3. The summed E-state index contributed by atoms with van der Waals surface area (Å²) >= 11 is 0. The monoisotopic (exact) mass is 290 g/mol. The van der Waals surface area contributed by atoms with Gasteiger partial charge in [-0.05, 0) is 18.2 Å². The maximum absolute atomic E-state index is 13.6. The van der Waals surface area contributed by atoms with Crippen LogP contribution in [0.25, 0.3) is 0 Å². The summed E-state index contributed by atoms with van der Waals surface area (Å²) in [4.78, 5) is 5.96. The van der Waals surface area contributed by atoms with E-state index in [1.54, 1.807) is 35.4 Å². The topological polar surface area (TPSA) is 25.4 Å². The molecule has 0 spiro atoms. The van der Waals surface area contributed by atoms with Gasteiger partial charge < -0.3 is 4.74 Å². The van der Waals surface area contributed by atoms with Crippen molar-refractivity contribution in [2.24, 2.45) is 0 Å². The Balaban J connectivity index is 1.92. The van der Waals surface area contributed by atoms with Crippen molar-refractivity contribution in [2.45, 2.75) is 19.0 Å². The standard InChI is InChI=1S/C16H16F2N2O/c17-16(18)15-13-6-1-2-7-14(13)21-10-9-20(15)11-12-5-3-4-8-19-12/h1-8,15-16H,9-11H2. The quantitative estimate of drug-likeness (QED) is 0.867. The van der Waals surface area contributed by atoms with E-state index >= 15 is 0 Å². The van der Waals surface area contributed by atoms with Gasteiger partial charge in [-0.25, -0.2) is 8.78 Å². The van der Waals surface area contributed by atoms with Crippen molar-refractivity contribution in [2.75, 3.05) is 13.2 Å².